The topological polar surface area (TPSA) is 59.3 Å². The zero-order valence-electron chi connectivity index (χ0n) is 18.4. The van der Waals surface area contributed by atoms with Crippen LogP contribution in [0.5, 0.6) is 0 Å². The molecule has 8 rings (SSSR count). The van der Waals surface area contributed by atoms with Gasteiger partial charge < -0.3 is 8.96 Å². The molecule has 184 valence electrons. The van der Waals surface area contributed by atoms with Crippen molar-refractivity contribution in [2.45, 2.75) is 0 Å². The summed E-state index contributed by atoms with van der Waals surface area (Å²) in [5, 5.41) is 0.795. The van der Waals surface area contributed by atoms with Crippen molar-refractivity contribution >= 4 is 72.1 Å². The molecule has 0 amide bonds. The van der Waals surface area contributed by atoms with Crippen LogP contribution in [-0.4, -0.2) is 25.5 Å². The summed E-state index contributed by atoms with van der Waals surface area (Å²) >= 11 is 2.03. The molecule has 5 heterocycles. The van der Waals surface area contributed by atoms with E-state index in [1.165, 1.54) is 0 Å². The van der Waals surface area contributed by atoms with Gasteiger partial charge in [0.25, 0.3) is 0 Å². The van der Waals surface area contributed by atoms with E-state index in [4.69, 9.17) is 0 Å². The molecule has 4 bridgehead atoms. The molecule has 14 heteroatoms. The van der Waals surface area contributed by atoms with Crippen LogP contribution in [0.3, 0.4) is 0 Å². The second-order valence-corrected chi connectivity index (χ2v) is 9.99. The maximum Gasteiger partial charge on any atom is 0.463 e. The first-order valence-corrected chi connectivity index (χ1v) is 12.3. The summed E-state index contributed by atoms with van der Waals surface area (Å²) in [6, 6.07) is 5.75. The Morgan fingerprint density at radius 2 is 0.921 bits per heavy atom. The van der Waals surface area contributed by atoms with Gasteiger partial charge in [0.1, 0.15) is 22.6 Å². The Hall–Kier alpha value is -3.95. The molecule has 0 radical (unpaired) electrons. The molecule has 0 fully saturated rings. The van der Waals surface area contributed by atoms with Gasteiger partial charge in [-0.15, -0.1) is 0 Å². The number of amidine groups is 2. The normalized spacial score (nSPS) is 17.1. The first kappa shape index (κ1) is 22.1. The molecule has 0 saturated carbocycles. The molecule has 3 aliphatic heterocycles. The van der Waals surface area contributed by atoms with E-state index < -0.39 is 39.7 Å². The summed E-state index contributed by atoms with van der Waals surface area (Å²) < 4.78 is 89.4. The SMILES string of the molecule is Fc1cc2c(cc1F)/C1=N/c3c4cc(F)c(F)cc4c4n3B(I)n3c(c5cc(F)c(F)cc5/c3=N/C2=N1)=N4. The number of benzene rings is 3. The zero-order chi connectivity index (χ0) is 26.2. The number of aliphatic imine (C=N–C) groups is 2. The third-order valence-electron chi connectivity index (χ3n) is 6.81. The Balaban J connectivity index is 1.66. The number of fused-ring (bicyclic) bond motifs is 10. The van der Waals surface area contributed by atoms with Gasteiger partial charge >= 0.3 is 4.84 Å². The van der Waals surface area contributed by atoms with Crippen molar-refractivity contribution in [2.24, 2.45) is 20.0 Å². The standard InChI is InChI=1S/C24H6BF6IN6/c26-13-1-7-8(2-14(13)27)20-33-19(7)34-21-9-3-15(28)17(30)5-11(9)23-36-24-12-6-18(31)16(29)4-10(12)22(35-20)38(24)25(32)37(21)23/h1-6H/b34-19-,34-21?,35-20?,35-22-. The highest BCUT2D eigenvalue weighted by Gasteiger charge is 2.36. The molecule has 0 aliphatic carbocycles. The van der Waals surface area contributed by atoms with E-state index in [1.54, 1.807) is 8.96 Å². The first-order valence-electron chi connectivity index (χ1n) is 11.0. The Labute approximate surface area is 220 Å². The van der Waals surface area contributed by atoms with Crippen molar-refractivity contribution in [3.05, 3.63) is 93.4 Å². The van der Waals surface area contributed by atoms with Gasteiger partial charge in [-0.1, -0.05) is 22.4 Å². The van der Waals surface area contributed by atoms with E-state index in [2.05, 4.69) is 20.0 Å². The molecule has 5 aromatic rings. The summed E-state index contributed by atoms with van der Waals surface area (Å²) in [6.45, 7) is 0. The van der Waals surface area contributed by atoms with Gasteiger partial charge in [-0.2, -0.15) is 0 Å². The third-order valence-corrected chi connectivity index (χ3v) is 7.93. The van der Waals surface area contributed by atoms with Crippen molar-refractivity contribution in [1.82, 2.24) is 8.96 Å². The Morgan fingerprint density at radius 1 is 0.500 bits per heavy atom. The maximum absolute atomic E-state index is 14.4. The smallest absolute Gasteiger partial charge is 0.324 e. The molecule has 0 N–H and O–H groups in total. The van der Waals surface area contributed by atoms with Crippen LogP contribution in [0.1, 0.15) is 11.1 Å². The molecular formula is C24H6BF6IN6. The minimum absolute atomic E-state index is 0.0412. The number of halogens is 7. The summed E-state index contributed by atoms with van der Waals surface area (Å²) in [5.41, 5.74) is 0.557. The number of hydrogen-bond donors (Lipinski definition) is 0. The maximum atomic E-state index is 14.4. The zero-order valence-corrected chi connectivity index (χ0v) is 20.5. The van der Waals surface area contributed by atoms with Crippen LogP contribution in [0.15, 0.2) is 56.4 Å². The van der Waals surface area contributed by atoms with Crippen LogP contribution in [0, 0.1) is 34.9 Å². The lowest BCUT2D eigenvalue weighted by molar-refractivity contribution is 0.508. The number of aromatic nitrogens is 2. The van der Waals surface area contributed by atoms with Gasteiger partial charge in [0, 0.05) is 32.7 Å². The van der Waals surface area contributed by atoms with Gasteiger partial charge in [-0.25, -0.2) is 46.3 Å². The first-order chi connectivity index (χ1) is 18.2. The van der Waals surface area contributed by atoms with Crippen molar-refractivity contribution in [3.8, 4) is 0 Å². The average molecular weight is 630 g/mol. The number of nitrogens with zero attached hydrogens (tertiary/aromatic N) is 6. The van der Waals surface area contributed by atoms with E-state index in [0.29, 0.717) is 0 Å². The largest absolute Gasteiger partial charge is 0.463 e. The van der Waals surface area contributed by atoms with Gasteiger partial charge in [0.05, 0.1) is 0 Å². The Kier molecular flexibility index (Phi) is 4.14. The molecule has 0 spiro atoms. The number of rotatable bonds is 0. The van der Waals surface area contributed by atoms with E-state index in [9.17, 15) is 26.3 Å². The fraction of sp³-hybridized carbons (Fsp3) is 0. The number of hydrogen-bond acceptors (Lipinski definition) is 4. The minimum atomic E-state index is -1.14. The van der Waals surface area contributed by atoms with Crippen molar-refractivity contribution < 1.29 is 26.3 Å². The Bertz CT molecular complexity index is 2180. The van der Waals surface area contributed by atoms with Crippen LogP contribution < -0.4 is 11.0 Å². The van der Waals surface area contributed by atoms with Crippen LogP contribution in [0.2, 0.25) is 0 Å². The van der Waals surface area contributed by atoms with E-state index >= 15 is 0 Å². The third kappa shape index (κ3) is 2.65. The van der Waals surface area contributed by atoms with Crippen molar-refractivity contribution in [2.75, 3.05) is 0 Å². The van der Waals surface area contributed by atoms with Crippen LogP contribution >= 0.6 is 22.4 Å². The summed E-state index contributed by atoms with van der Waals surface area (Å²) in [5.74, 6) is -6.53. The fourth-order valence-corrected chi connectivity index (χ4v) is 6.19. The predicted octanol–water partition coefficient (Wildman–Crippen LogP) is 4.98. The van der Waals surface area contributed by atoms with Gasteiger partial charge in [-0.05, 0) is 36.4 Å². The molecule has 6 nitrogen and oxygen atoms in total. The highest BCUT2D eigenvalue weighted by Crippen LogP contribution is 2.42. The lowest BCUT2D eigenvalue weighted by Crippen LogP contribution is -2.44. The quantitative estimate of drug-likeness (QED) is 0.132. The molecule has 0 unspecified atom stereocenters. The summed E-state index contributed by atoms with van der Waals surface area (Å²) in [4.78, 5) is 17.5. The van der Waals surface area contributed by atoms with Crippen molar-refractivity contribution in [1.29, 1.82) is 0 Å². The molecule has 0 saturated heterocycles. The van der Waals surface area contributed by atoms with Crippen molar-refractivity contribution in [3.63, 3.8) is 0 Å². The summed E-state index contributed by atoms with van der Waals surface area (Å²) in [6.07, 6.45) is 0. The fourth-order valence-electron chi connectivity index (χ4n) is 5.14. The molecule has 2 aromatic heterocycles. The second kappa shape index (κ2) is 7.12. The second-order valence-electron chi connectivity index (χ2n) is 8.88. The van der Waals surface area contributed by atoms with Crippen LogP contribution in [0.25, 0.3) is 21.5 Å². The molecule has 0 atom stereocenters. The molecular weight excluding hydrogens is 624 g/mol. The van der Waals surface area contributed by atoms with Gasteiger partial charge in [0.15, 0.2) is 46.6 Å². The van der Waals surface area contributed by atoms with E-state index in [-0.39, 0.29) is 67.0 Å². The minimum Gasteiger partial charge on any atom is -0.324 e. The average Bonchev–Trinajstić information content (AvgIpc) is 3.45. The van der Waals surface area contributed by atoms with E-state index in [1.807, 2.05) is 22.4 Å². The van der Waals surface area contributed by atoms with Crippen LogP contribution in [0.4, 0.5) is 38.0 Å². The van der Waals surface area contributed by atoms with Gasteiger partial charge in [0.2, 0.25) is 0 Å². The molecule has 38 heavy (non-hydrogen) atoms. The van der Waals surface area contributed by atoms with E-state index in [0.717, 1.165) is 36.4 Å². The molecule has 3 aliphatic rings. The highest BCUT2D eigenvalue weighted by molar-refractivity contribution is 14.1. The Morgan fingerprint density at radius 3 is 1.47 bits per heavy atom. The molecule has 3 aromatic carbocycles. The van der Waals surface area contributed by atoms with Crippen LogP contribution in [-0.2, 0) is 0 Å². The van der Waals surface area contributed by atoms with Gasteiger partial charge in [-0.3, -0.25) is 0 Å². The highest BCUT2D eigenvalue weighted by atomic mass is 127. The monoisotopic (exact) mass is 630 g/mol. The summed E-state index contributed by atoms with van der Waals surface area (Å²) in [7, 11) is 0. The lowest BCUT2D eigenvalue weighted by Gasteiger charge is -2.19. The predicted molar refractivity (Wildman–Crippen MR) is 135 cm³/mol. The lowest BCUT2D eigenvalue weighted by atomic mass is 10.1.